The molecule has 1 aliphatic heterocycles. The van der Waals surface area contributed by atoms with Gasteiger partial charge in [0.05, 0.1) is 19.5 Å². The first-order valence-corrected chi connectivity index (χ1v) is 14.2. The molecule has 0 bridgehead atoms. The number of likely N-dealkylation sites (tertiary alicyclic amines) is 1. The van der Waals surface area contributed by atoms with Crippen molar-refractivity contribution in [3.8, 4) is 0 Å². The summed E-state index contributed by atoms with van der Waals surface area (Å²) in [5, 5.41) is 0. The van der Waals surface area contributed by atoms with Gasteiger partial charge in [0, 0.05) is 6.42 Å². The van der Waals surface area contributed by atoms with Crippen molar-refractivity contribution in [2.45, 2.75) is 100 Å². The van der Waals surface area contributed by atoms with Crippen LogP contribution in [0.4, 0.5) is 0 Å². The van der Waals surface area contributed by atoms with E-state index in [-0.39, 0.29) is 0 Å². The Labute approximate surface area is 199 Å². The molecule has 5 aliphatic rings. The van der Waals surface area contributed by atoms with Crippen LogP contribution in [0.1, 0.15) is 94.4 Å². The van der Waals surface area contributed by atoms with Crippen molar-refractivity contribution < 1.29 is 4.48 Å². The molecule has 3 saturated carbocycles. The van der Waals surface area contributed by atoms with Crippen molar-refractivity contribution in [3.05, 3.63) is 22.9 Å². The minimum Gasteiger partial charge on any atom is -0.294 e. The topological polar surface area (TPSA) is 0 Å². The number of quaternary nitrogens is 1. The first-order chi connectivity index (χ1) is 14.9. The highest BCUT2D eigenvalue weighted by Crippen LogP contribution is 2.75. The molecule has 0 spiro atoms. The lowest BCUT2D eigenvalue weighted by molar-refractivity contribution is -0.941. The summed E-state index contributed by atoms with van der Waals surface area (Å²) in [6, 6.07) is 0.764. The molecule has 1 saturated heterocycles. The van der Waals surface area contributed by atoms with Gasteiger partial charge < -0.3 is 0 Å². The van der Waals surface area contributed by atoms with E-state index in [1.54, 1.807) is 18.4 Å². The van der Waals surface area contributed by atoms with Gasteiger partial charge >= 0.3 is 0 Å². The van der Waals surface area contributed by atoms with Crippen molar-refractivity contribution in [3.63, 3.8) is 0 Å². The van der Waals surface area contributed by atoms with Gasteiger partial charge in [-0.3, -0.25) is 4.48 Å². The fourth-order valence-corrected chi connectivity index (χ4v) is 10.1. The van der Waals surface area contributed by atoms with Gasteiger partial charge in [0.15, 0.2) is 0 Å². The summed E-state index contributed by atoms with van der Waals surface area (Å²) in [5.41, 5.74) is 6.31. The minimum absolute atomic E-state index is 0.420. The van der Waals surface area contributed by atoms with Gasteiger partial charge in [0.25, 0.3) is 0 Å². The second kappa shape index (κ2) is 7.22. The number of nitrogens with zero attached hydrogens (tertiary/aromatic N) is 1. The molecular formula is C31H52N+. The van der Waals surface area contributed by atoms with Crippen molar-refractivity contribution in [2.24, 2.45) is 58.2 Å². The van der Waals surface area contributed by atoms with E-state index in [1.165, 1.54) is 30.3 Å². The number of hydrogen-bond donors (Lipinski definition) is 0. The van der Waals surface area contributed by atoms with E-state index in [2.05, 4.69) is 75.4 Å². The summed E-state index contributed by atoms with van der Waals surface area (Å²) in [7, 11) is 2.58. The van der Waals surface area contributed by atoms with Crippen LogP contribution in [0, 0.1) is 58.2 Å². The van der Waals surface area contributed by atoms with Gasteiger partial charge in [-0.2, -0.15) is 0 Å². The van der Waals surface area contributed by atoms with Gasteiger partial charge in [0.1, 0.15) is 11.7 Å². The molecule has 4 fully saturated rings. The summed E-state index contributed by atoms with van der Waals surface area (Å²) in [4.78, 5) is 0. The molecule has 0 N–H and O–H groups in total. The van der Waals surface area contributed by atoms with E-state index in [1.807, 2.05) is 11.3 Å². The largest absolute Gasteiger partial charge is 0.294 e. The van der Waals surface area contributed by atoms with E-state index in [0.717, 1.165) is 53.4 Å². The van der Waals surface area contributed by atoms with Crippen molar-refractivity contribution in [1.82, 2.24) is 0 Å². The van der Waals surface area contributed by atoms with Crippen LogP contribution in [0.5, 0.6) is 0 Å². The van der Waals surface area contributed by atoms with Crippen LogP contribution in [-0.4, -0.2) is 24.1 Å². The van der Waals surface area contributed by atoms with Crippen LogP contribution >= 0.6 is 0 Å². The van der Waals surface area contributed by atoms with E-state index in [0.29, 0.717) is 10.8 Å². The molecule has 0 aromatic heterocycles. The molecule has 0 aromatic rings. The van der Waals surface area contributed by atoms with E-state index in [9.17, 15) is 0 Å². The van der Waals surface area contributed by atoms with Crippen LogP contribution in [0.3, 0.4) is 0 Å². The zero-order valence-electron chi connectivity index (χ0n) is 23.0. The van der Waals surface area contributed by atoms with Crippen LogP contribution in [0.25, 0.3) is 0 Å². The van der Waals surface area contributed by atoms with Gasteiger partial charge in [-0.05, 0) is 104 Å². The lowest BCUT2D eigenvalue weighted by Crippen LogP contribution is -2.65. The van der Waals surface area contributed by atoms with Crippen molar-refractivity contribution >= 4 is 0 Å². The molecule has 1 nitrogen and oxygen atoms in total. The van der Waals surface area contributed by atoms with Gasteiger partial charge in [-0.25, -0.2) is 0 Å². The van der Waals surface area contributed by atoms with Crippen molar-refractivity contribution in [1.29, 1.82) is 0 Å². The molecule has 180 valence electrons. The fourth-order valence-electron chi connectivity index (χ4n) is 10.1. The number of hydrogen-bond acceptors (Lipinski definition) is 0. The molecule has 12 unspecified atom stereocenters. The highest BCUT2D eigenvalue weighted by atomic mass is 15.4. The smallest absolute Gasteiger partial charge is 0.117 e. The van der Waals surface area contributed by atoms with E-state index < -0.39 is 0 Å². The third-order valence-corrected chi connectivity index (χ3v) is 13.5. The van der Waals surface area contributed by atoms with Crippen LogP contribution < -0.4 is 0 Å². The average Bonchev–Trinajstić information content (AvgIpc) is 2.82. The predicted octanol–water partition coefficient (Wildman–Crippen LogP) is 8.08. The molecular weight excluding hydrogens is 386 g/mol. The zero-order chi connectivity index (χ0) is 23.4. The molecule has 32 heavy (non-hydrogen) atoms. The molecule has 0 radical (unpaired) electrons. The summed E-state index contributed by atoms with van der Waals surface area (Å²) >= 11 is 0. The van der Waals surface area contributed by atoms with Crippen molar-refractivity contribution in [2.75, 3.05) is 13.6 Å². The third-order valence-electron chi connectivity index (χ3n) is 13.5. The second-order valence-corrected chi connectivity index (χ2v) is 14.0. The maximum Gasteiger partial charge on any atom is 0.117 e. The van der Waals surface area contributed by atoms with Gasteiger partial charge in [-0.15, -0.1) is 0 Å². The Morgan fingerprint density at radius 2 is 1.84 bits per heavy atom. The molecule has 0 aromatic carbocycles. The summed E-state index contributed by atoms with van der Waals surface area (Å²) in [6.07, 6.45) is 9.60. The second-order valence-electron chi connectivity index (χ2n) is 14.0. The first kappa shape index (κ1) is 23.2. The predicted molar refractivity (Wildman–Crippen MR) is 137 cm³/mol. The van der Waals surface area contributed by atoms with Crippen LogP contribution in [-0.2, 0) is 0 Å². The Kier molecular flexibility index (Phi) is 5.23. The van der Waals surface area contributed by atoms with Gasteiger partial charge in [0.2, 0.25) is 0 Å². The average molecular weight is 439 g/mol. The fraction of sp³-hybridized carbons (Fsp3) is 0.871. The number of allylic oxidation sites excluding steroid dienone is 3. The third kappa shape index (κ3) is 2.67. The molecule has 4 aliphatic carbocycles. The highest BCUT2D eigenvalue weighted by molar-refractivity contribution is 5.28. The Balaban J connectivity index is 1.36. The summed E-state index contributed by atoms with van der Waals surface area (Å²) in [5.74, 6) is 7.52. The summed E-state index contributed by atoms with van der Waals surface area (Å²) in [6.45, 7) is 24.0. The summed E-state index contributed by atoms with van der Waals surface area (Å²) < 4.78 is 1.23. The molecule has 12 atom stereocenters. The first-order valence-electron chi connectivity index (χ1n) is 14.2. The van der Waals surface area contributed by atoms with Crippen LogP contribution in [0.2, 0.25) is 0 Å². The van der Waals surface area contributed by atoms with Crippen LogP contribution in [0.15, 0.2) is 22.9 Å². The Bertz CT molecular complexity index is 843. The molecule has 0 amide bonds. The maximum absolute atomic E-state index is 2.69. The zero-order valence-corrected chi connectivity index (χ0v) is 23.0. The van der Waals surface area contributed by atoms with E-state index in [4.69, 9.17) is 0 Å². The monoisotopic (exact) mass is 438 g/mol. The maximum atomic E-state index is 2.69. The Hall–Kier alpha value is -0.560. The highest BCUT2D eigenvalue weighted by Gasteiger charge is 2.69. The standard InChI is InChI=1S/C31H52N/c1-11-24(17-30(8)22(6)26-15-25-16-27(30)28(25)26)29-21(5)23(7)32(29,10)13-12-18(2)31(9)19(3)14-20(31)4/h14,18-19,21-23,25-28H,11-13,15-17H2,1-10H3/q+1. The molecule has 1 heteroatoms. The Morgan fingerprint density at radius 1 is 1.16 bits per heavy atom. The normalized spacial score (nSPS) is 55.6. The number of rotatable bonds is 7. The van der Waals surface area contributed by atoms with E-state index >= 15 is 0 Å². The molecule has 1 heterocycles. The molecule has 5 rings (SSSR count). The minimum atomic E-state index is 0.420. The lowest BCUT2D eigenvalue weighted by Gasteiger charge is -2.57. The van der Waals surface area contributed by atoms with Gasteiger partial charge in [-0.1, -0.05) is 53.2 Å². The lowest BCUT2D eigenvalue weighted by atomic mass is 9.50. The quantitative estimate of drug-likeness (QED) is 0.278. The SMILES string of the molecule is CCC(CC1(C)C(C)C2CC3CC1C32)=C1C(C)C(C)[N+]1(C)CCC(C)C1(C)C(C)=CC1C. The Morgan fingerprint density at radius 3 is 2.38 bits per heavy atom.